The summed E-state index contributed by atoms with van der Waals surface area (Å²) in [5.41, 5.74) is 4.01. The Morgan fingerprint density at radius 3 is 2.89 bits per heavy atom. The summed E-state index contributed by atoms with van der Waals surface area (Å²) in [5, 5.41) is 0.244. The van der Waals surface area contributed by atoms with Gasteiger partial charge in [0.2, 0.25) is 5.28 Å². The number of aryl methyl sites for hydroxylation is 1. The summed E-state index contributed by atoms with van der Waals surface area (Å²) < 4.78 is 1.98. The van der Waals surface area contributed by atoms with Crippen molar-refractivity contribution in [3.8, 4) is 0 Å². The van der Waals surface area contributed by atoms with Crippen molar-refractivity contribution in [1.82, 2.24) is 19.5 Å². The number of imidazole rings is 1. The maximum atomic E-state index is 5.82. The van der Waals surface area contributed by atoms with Crippen molar-refractivity contribution in [3.63, 3.8) is 0 Å². The van der Waals surface area contributed by atoms with Gasteiger partial charge in [0.15, 0.2) is 5.65 Å². The molecule has 0 aliphatic carbocycles. The van der Waals surface area contributed by atoms with Gasteiger partial charge >= 0.3 is 0 Å². The van der Waals surface area contributed by atoms with E-state index in [-0.39, 0.29) is 5.28 Å². The van der Waals surface area contributed by atoms with Crippen molar-refractivity contribution in [2.45, 2.75) is 13.5 Å². The Hall–Kier alpha value is -1.94. The monoisotopic (exact) mass is 258 g/mol. The molecule has 0 aliphatic heterocycles. The first-order valence-electron chi connectivity index (χ1n) is 5.62. The molecule has 0 N–H and O–H groups in total. The molecule has 0 saturated carbocycles. The van der Waals surface area contributed by atoms with Crippen LogP contribution in [-0.4, -0.2) is 19.5 Å². The van der Waals surface area contributed by atoms with Crippen molar-refractivity contribution in [3.05, 3.63) is 53.2 Å². The van der Waals surface area contributed by atoms with E-state index in [0.717, 1.165) is 17.7 Å². The number of nitrogens with zero attached hydrogens (tertiary/aromatic N) is 4. The number of benzene rings is 1. The number of hydrogen-bond donors (Lipinski definition) is 0. The van der Waals surface area contributed by atoms with Crippen LogP contribution in [0.2, 0.25) is 5.28 Å². The van der Waals surface area contributed by atoms with Crippen molar-refractivity contribution >= 4 is 22.8 Å². The maximum absolute atomic E-state index is 5.82. The molecular weight excluding hydrogens is 248 g/mol. The van der Waals surface area contributed by atoms with Gasteiger partial charge in [-0.15, -0.1) is 0 Å². The fraction of sp³-hybridized carbons (Fsp3) is 0.154. The van der Waals surface area contributed by atoms with Gasteiger partial charge in [-0.25, -0.2) is 9.97 Å². The summed E-state index contributed by atoms with van der Waals surface area (Å²) in [6, 6.07) is 8.26. The first kappa shape index (κ1) is 11.2. The molecule has 0 amide bonds. The minimum atomic E-state index is 0.244. The lowest BCUT2D eigenvalue weighted by Gasteiger charge is -2.06. The lowest BCUT2D eigenvalue weighted by atomic mass is 10.1. The van der Waals surface area contributed by atoms with Gasteiger partial charge in [-0.3, -0.25) is 0 Å². The Kier molecular flexibility index (Phi) is 2.72. The molecule has 3 aromatic rings. The topological polar surface area (TPSA) is 43.6 Å². The molecule has 2 heterocycles. The molecular formula is C13H11ClN4. The fourth-order valence-electron chi connectivity index (χ4n) is 1.92. The zero-order valence-corrected chi connectivity index (χ0v) is 10.6. The molecule has 0 atom stereocenters. The summed E-state index contributed by atoms with van der Waals surface area (Å²) in [5.74, 6) is 0. The molecule has 18 heavy (non-hydrogen) atoms. The average Bonchev–Trinajstić information content (AvgIpc) is 2.75. The molecule has 0 saturated heterocycles. The standard InChI is InChI=1S/C13H11ClN4/c1-9-4-2-3-5-10(9)7-18-8-16-11-6-15-13(14)17-12(11)18/h2-6,8H,7H2,1H3. The molecule has 90 valence electrons. The Bertz CT molecular complexity index is 705. The van der Waals surface area contributed by atoms with Crippen molar-refractivity contribution in [2.75, 3.05) is 0 Å². The summed E-state index contributed by atoms with van der Waals surface area (Å²) in [6.45, 7) is 2.83. The van der Waals surface area contributed by atoms with E-state index in [9.17, 15) is 0 Å². The van der Waals surface area contributed by atoms with Crippen LogP contribution in [0.4, 0.5) is 0 Å². The molecule has 5 heteroatoms. The average molecular weight is 259 g/mol. The van der Waals surface area contributed by atoms with E-state index in [1.807, 2.05) is 16.7 Å². The van der Waals surface area contributed by atoms with Gasteiger partial charge in [0.25, 0.3) is 0 Å². The third-order valence-electron chi connectivity index (χ3n) is 2.93. The highest BCUT2D eigenvalue weighted by atomic mass is 35.5. The zero-order valence-electron chi connectivity index (χ0n) is 9.84. The highest BCUT2D eigenvalue weighted by Gasteiger charge is 2.07. The summed E-state index contributed by atoms with van der Waals surface area (Å²) in [7, 11) is 0. The quantitative estimate of drug-likeness (QED) is 0.664. The normalized spacial score (nSPS) is 11.0. The largest absolute Gasteiger partial charge is 0.311 e. The predicted molar refractivity (Wildman–Crippen MR) is 70.6 cm³/mol. The number of fused-ring (bicyclic) bond motifs is 1. The zero-order chi connectivity index (χ0) is 12.5. The second kappa shape index (κ2) is 4.38. The number of hydrogen-bond acceptors (Lipinski definition) is 3. The smallest absolute Gasteiger partial charge is 0.224 e. The highest BCUT2D eigenvalue weighted by Crippen LogP contribution is 2.15. The number of aromatic nitrogens is 4. The van der Waals surface area contributed by atoms with Crippen LogP contribution in [0, 0.1) is 6.92 Å². The summed E-state index contributed by atoms with van der Waals surface area (Å²) in [4.78, 5) is 12.4. The van der Waals surface area contributed by atoms with Gasteiger partial charge in [0, 0.05) is 0 Å². The Morgan fingerprint density at radius 2 is 2.06 bits per heavy atom. The van der Waals surface area contributed by atoms with Gasteiger partial charge in [-0.05, 0) is 29.7 Å². The van der Waals surface area contributed by atoms with Crippen LogP contribution >= 0.6 is 11.6 Å². The molecule has 0 unspecified atom stereocenters. The van der Waals surface area contributed by atoms with E-state index in [1.54, 1.807) is 12.5 Å². The molecule has 2 aromatic heterocycles. The molecule has 0 spiro atoms. The second-order valence-electron chi connectivity index (χ2n) is 4.15. The van der Waals surface area contributed by atoms with Crippen molar-refractivity contribution in [1.29, 1.82) is 0 Å². The minimum Gasteiger partial charge on any atom is -0.311 e. The molecule has 0 aliphatic rings. The first-order chi connectivity index (χ1) is 8.74. The molecule has 1 aromatic carbocycles. The van der Waals surface area contributed by atoms with Gasteiger partial charge in [0.05, 0.1) is 19.1 Å². The van der Waals surface area contributed by atoms with Gasteiger partial charge in [-0.2, -0.15) is 4.98 Å². The number of rotatable bonds is 2. The Morgan fingerprint density at radius 1 is 1.22 bits per heavy atom. The van der Waals surface area contributed by atoms with Gasteiger partial charge in [0.1, 0.15) is 5.52 Å². The Balaban J connectivity index is 2.05. The van der Waals surface area contributed by atoms with E-state index < -0.39 is 0 Å². The predicted octanol–water partition coefficient (Wildman–Crippen LogP) is 2.84. The third-order valence-corrected chi connectivity index (χ3v) is 3.11. The molecule has 0 radical (unpaired) electrons. The van der Waals surface area contributed by atoms with Gasteiger partial charge in [-0.1, -0.05) is 24.3 Å². The molecule has 3 rings (SSSR count). The lowest BCUT2D eigenvalue weighted by molar-refractivity contribution is 0.808. The van der Waals surface area contributed by atoms with Crippen LogP contribution in [0.5, 0.6) is 0 Å². The van der Waals surface area contributed by atoms with Crippen LogP contribution in [0.25, 0.3) is 11.2 Å². The van der Waals surface area contributed by atoms with Crippen LogP contribution in [0.3, 0.4) is 0 Å². The van der Waals surface area contributed by atoms with Crippen molar-refractivity contribution < 1.29 is 0 Å². The van der Waals surface area contributed by atoms with E-state index in [4.69, 9.17) is 11.6 Å². The second-order valence-corrected chi connectivity index (χ2v) is 4.48. The molecule has 4 nitrogen and oxygen atoms in total. The Labute approximate surface area is 109 Å². The van der Waals surface area contributed by atoms with Crippen LogP contribution in [-0.2, 0) is 6.54 Å². The highest BCUT2D eigenvalue weighted by molar-refractivity contribution is 6.28. The molecule has 0 fully saturated rings. The van der Waals surface area contributed by atoms with E-state index >= 15 is 0 Å². The number of halogens is 1. The van der Waals surface area contributed by atoms with Crippen molar-refractivity contribution in [2.24, 2.45) is 0 Å². The summed E-state index contributed by atoms with van der Waals surface area (Å²) >= 11 is 5.82. The van der Waals surface area contributed by atoms with E-state index in [0.29, 0.717) is 0 Å². The fourth-order valence-corrected chi connectivity index (χ4v) is 2.05. The maximum Gasteiger partial charge on any atom is 0.224 e. The molecule has 0 bridgehead atoms. The SMILES string of the molecule is Cc1ccccc1Cn1cnc2cnc(Cl)nc21. The third kappa shape index (κ3) is 1.95. The lowest BCUT2D eigenvalue weighted by Crippen LogP contribution is -2.01. The van der Waals surface area contributed by atoms with Gasteiger partial charge < -0.3 is 4.57 Å². The van der Waals surface area contributed by atoms with Crippen LogP contribution < -0.4 is 0 Å². The van der Waals surface area contributed by atoms with E-state index in [2.05, 4.69) is 34.0 Å². The summed E-state index contributed by atoms with van der Waals surface area (Å²) in [6.07, 6.45) is 3.40. The van der Waals surface area contributed by atoms with Crippen LogP contribution in [0.1, 0.15) is 11.1 Å². The first-order valence-corrected chi connectivity index (χ1v) is 6.00. The van der Waals surface area contributed by atoms with Crippen LogP contribution in [0.15, 0.2) is 36.8 Å². The van der Waals surface area contributed by atoms with E-state index in [1.165, 1.54) is 11.1 Å². The minimum absolute atomic E-state index is 0.244.